The molecule has 0 aliphatic carbocycles. The molecule has 16 heavy (non-hydrogen) atoms. The van der Waals surface area contributed by atoms with Crippen LogP contribution in [0.3, 0.4) is 0 Å². The summed E-state index contributed by atoms with van der Waals surface area (Å²) in [6.45, 7) is 6.69. The first-order chi connectivity index (χ1) is 7.70. The lowest BCUT2D eigenvalue weighted by atomic mass is 10.1. The third kappa shape index (κ3) is 2.33. The number of aromatic nitrogens is 1. The van der Waals surface area contributed by atoms with Gasteiger partial charge in [-0.1, -0.05) is 13.0 Å². The molecular formula is C12H20N4. The van der Waals surface area contributed by atoms with Gasteiger partial charge >= 0.3 is 0 Å². The van der Waals surface area contributed by atoms with Crippen molar-refractivity contribution in [3.63, 3.8) is 0 Å². The van der Waals surface area contributed by atoms with Gasteiger partial charge in [0.25, 0.3) is 0 Å². The van der Waals surface area contributed by atoms with E-state index >= 15 is 0 Å². The predicted molar refractivity (Wildman–Crippen MR) is 65.7 cm³/mol. The van der Waals surface area contributed by atoms with Gasteiger partial charge in [0.2, 0.25) is 0 Å². The first kappa shape index (κ1) is 11.4. The Hall–Kier alpha value is -1.13. The second kappa shape index (κ2) is 4.80. The fraction of sp³-hybridized carbons (Fsp3) is 0.583. The fourth-order valence-electron chi connectivity index (χ4n) is 2.52. The second-order valence-corrected chi connectivity index (χ2v) is 4.77. The Balaban J connectivity index is 2.09. The smallest absolute Gasteiger partial charge is 0.144 e. The van der Waals surface area contributed by atoms with Crippen LogP contribution in [0.5, 0.6) is 0 Å². The van der Waals surface area contributed by atoms with Crippen molar-refractivity contribution >= 4 is 5.82 Å². The molecule has 1 aliphatic heterocycles. The van der Waals surface area contributed by atoms with E-state index in [1.165, 1.54) is 18.5 Å². The van der Waals surface area contributed by atoms with E-state index in [2.05, 4.69) is 35.2 Å². The number of nitrogens with zero attached hydrogens (tertiary/aromatic N) is 2. The zero-order valence-corrected chi connectivity index (χ0v) is 9.98. The zero-order valence-electron chi connectivity index (χ0n) is 9.98. The highest BCUT2D eigenvalue weighted by Gasteiger charge is 2.26. The van der Waals surface area contributed by atoms with Crippen molar-refractivity contribution in [2.45, 2.75) is 32.9 Å². The van der Waals surface area contributed by atoms with Crippen LogP contribution < -0.4 is 11.3 Å². The molecule has 2 unspecified atom stereocenters. The highest BCUT2D eigenvalue weighted by Crippen LogP contribution is 2.25. The quantitative estimate of drug-likeness (QED) is 0.600. The number of hydrogen-bond donors (Lipinski definition) is 2. The molecule has 0 radical (unpaired) electrons. The molecule has 0 aromatic carbocycles. The Kier molecular flexibility index (Phi) is 3.41. The first-order valence-electron chi connectivity index (χ1n) is 5.85. The summed E-state index contributed by atoms with van der Waals surface area (Å²) < 4.78 is 0. The minimum absolute atomic E-state index is 0.654. The molecule has 1 aromatic rings. The number of hydrazine groups is 1. The minimum Gasteiger partial charge on any atom is -0.308 e. The Morgan fingerprint density at radius 3 is 3.00 bits per heavy atom. The zero-order chi connectivity index (χ0) is 11.5. The van der Waals surface area contributed by atoms with E-state index in [0.29, 0.717) is 6.04 Å². The van der Waals surface area contributed by atoms with Crippen LogP contribution in [0.15, 0.2) is 18.3 Å². The van der Waals surface area contributed by atoms with E-state index in [4.69, 9.17) is 5.84 Å². The van der Waals surface area contributed by atoms with Crippen LogP contribution in [-0.2, 0) is 6.54 Å². The molecule has 3 N–H and O–H groups in total. The third-order valence-electron chi connectivity index (χ3n) is 3.31. The van der Waals surface area contributed by atoms with Crippen LogP contribution in [0.4, 0.5) is 5.82 Å². The van der Waals surface area contributed by atoms with Crippen molar-refractivity contribution < 1.29 is 0 Å². The van der Waals surface area contributed by atoms with Gasteiger partial charge in [-0.15, -0.1) is 0 Å². The average Bonchev–Trinajstić information content (AvgIpc) is 2.58. The van der Waals surface area contributed by atoms with Crippen LogP contribution in [0.2, 0.25) is 0 Å². The van der Waals surface area contributed by atoms with Crippen molar-refractivity contribution in [1.29, 1.82) is 0 Å². The van der Waals surface area contributed by atoms with E-state index in [0.717, 1.165) is 18.3 Å². The maximum atomic E-state index is 5.46. The summed E-state index contributed by atoms with van der Waals surface area (Å²) in [4.78, 5) is 6.71. The van der Waals surface area contributed by atoms with Gasteiger partial charge in [0, 0.05) is 30.9 Å². The SMILES string of the molecule is CC1CC(C)N(Cc2cccnc2NN)C1. The van der Waals surface area contributed by atoms with Gasteiger partial charge in [-0.25, -0.2) is 10.8 Å². The molecular weight excluding hydrogens is 200 g/mol. The van der Waals surface area contributed by atoms with Crippen LogP contribution >= 0.6 is 0 Å². The molecule has 4 heteroatoms. The van der Waals surface area contributed by atoms with Crippen LogP contribution in [0.25, 0.3) is 0 Å². The van der Waals surface area contributed by atoms with E-state index in [-0.39, 0.29) is 0 Å². The van der Waals surface area contributed by atoms with Crippen LogP contribution in [-0.4, -0.2) is 22.5 Å². The molecule has 1 aliphatic rings. The number of hydrogen-bond acceptors (Lipinski definition) is 4. The largest absolute Gasteiger partial charge is 0.308 e. The molecule has 4 nitrogen and oxygen atoms in total. The number of nitrogens with one attached hydrogen (secondary N) is 1. The van der Waals surface area contributed by atoms with Gasteiger partial charge in [0.15, 0.2) is 0 Å². The lowest BCUT2D eigenvalue weighted by Gasteiger charge is -2.21. The second-order valence-electron chi connectivity index (χ2n) is 4.77. The number of nitrogens with two attached hydrogens (primary N) is 1. The molecule has 1 saturated heterocycles. The average molecular weight is 220 g/mol. The molecule has 2 heterocycles. The Morgan fingerprint density at radius 2 is 2.38 bits per heavy atom. The predicted octanol–water partition coefficient (Wildman–Crippen LogP) is 1.60. The monoisotopic (exact) mass is 220 g/mol. The Morgan fingerprint density at radius 1 is 1.56 bits per heavy atom. The van der Waals surface area contributed by atoms with Gasteiger partial charge < -0.3 is 5.43 Å². The van der Waals surface area contributed by atoms with Crippen LogP contribution in [0.1, 0.15) is 25.8 Å². The number of anilines is 1. The van der Waals surface area contributed by atoms with Gasteiger partial charge in [0.05, 0.1) is 0 Å². The third-order valence-corrected chi connectivity index (χ3v) is 3.31. The molecule has 2 rings (SSSR count). The Bertz CT molecular complexity index is 353. The maximum Gasteiger partial charge on any atom is 0.144 e. The standard InChI is InChI=1S/C12H20N4/c1-9-6-10(2)16(7-9)8-11-4-3-5-14-12(11)15-13/h3-5,9-10H,6-8,13H2,1-2H3,(H,14,15). The summed E-state index contributed by atoms with van der Waals surface area (Å²) >= 11 is 0. The molecule has 0 amide bonds. The fourth-order valence-corrected chi connectivity index (χ4v) is 2.52. The summed E-state index contributed by atoms with van der Waals surface area (Å²) in [5.74, 6) is 7.03. The minimum atomic E-state index is 0.654. The number of pyridine rings is 1. The molecule has 1 aromatic heterocycles. The topological polar surface area (TPSA) is 54.2 Å². The van der Waals surface area contributed by atoms with Crippen molar-refractivity contribution in [2.75, 3.05) is 12.0 Å². The molecule has 0 bridgehead atoms. The van der Waals surface area contributed by atoms with Crippen molar-refractivity contribution in [3.8, 4) is 0 Å². The lowest BCUT2D eigenvalue weighted by molar-refractivity contribution is 0.257. The summed E-state index contributed by atoms with van der Waals surface area (Å²) in [7, 11) is 0. The number of nitrogen functional groups attached to an aromatic ring is 1. The van der Waals surface area contributed by atoms with E-state index in [1.807, 2.05) is 6.07 Å². The molecule has 0 spiro atoms. The van der Waals surface area contributed by atoms with E-state index < -0.39 is 0 Å². The number of rotatable bonds is 3. The summed E-state index contributed by atoms with van der Waals surface area (Å²) in [5.41, 5.74) is 3.83. The number of likely N-dealkylation sites (tertiary alicyclic amines) is 1. The molecule has 1 fully saturated rings. The highest BCUT2D eigenvalue weighted by molar-refractivity contribution is 5.42. The highest BCUT2D eigenvalue weighted by atomic mass is 15.3. The van der Waals surface area contributed by atoms with Gasteiger partial charge in [-0.2, -0.15) is 0 Å². The van der Waals surface area contributed by atoms with Crippen molar-refractivity contribution in [2.24, 2.45) is 11.8 Å². The molecule has 88 valence electrons. The Labute approximate surface area is 96.8 Å². The molecule has 0 saturated carbocycles. The van der Waals surface area contributed by atoms with Gasteiger partial charge in [0.1, 0.15) is 5.82 Å². The van der Waals surface area contributed by atoms with Gasteiger partial charge in [-0.3, -0.25) is 4.90 Å². The van der Waals surface area contributed by atoms with Gasteiger partial charge in [-0.05, 0) is 25.3 Å². The first-order valence-corrected chi connectivity index (χ1v) is 5.85. The summed E-state index contributed by atoms with van der Waals surface area (Å²) in [6, 6.07) is 4.69. The maximum absolute atomic E-state index is 5.46. The van der Waals surface area contributed by atoms with Crippen molar-refractivity contribution in [3.05, 3.63) is 23.9 Å². The van der Waals surface area contributed by atoms with Crippen molar-refractivity contribution in [1.82, 2.24) is 9.88 Å². The summed E-state index contributed by atoms with van der Waals surface area (Å²) in [5, 5.41) is 0. The normalized spacial score (nSPS) is 25.9. The van der Waals surface area contributed by atoms with E-state index in [1.54, 1.807) is 6.20 Å². The van der Waals surface area contributed by atoms with E-state index in [9.17, 15) is 0 Å². The summed E-state index contributed by atoms with van der Waals surface area (Å²) in [6.07, 6.45) is 3.04. The lowest BCUT2D eigenvalue weighted by Crippen LogP contribution is -2.27. The molecule has 2 atom stereocenters. The van der Waals surface area contributed by atoms with Crippen LogP contribution in [0, 0.1) is 5.92 Å².